The average molecular weight is 499 g/mol. The minimum Gasteiger partial charge on any atom is -0.493 e. The van der Waals surface area contributed by atoms with Gasteiger partial charge < -0.3 is 19.3 Å². The topological polar surface area (TPSA) is 59.1 Å². The van der Waals surface area contributed by atoms with Gasteiger partial charge in [-0.1, -0.05) is 35.3 Å². The Morgan fingerprint density at radius 3 is 2.41 bits per heavy atom. The van der Waals surface area contributed by atoms with E-state index in [4.69, 9.17) is 32.7 Å². The third-order valence-corrected chi connectivity index (χ3v) is 6.15. The zero-order chi connectivity index (χ0) is 23.7. The fourth-order valence-electron chi connectivity index (χ4n) is 3.14. The summed E-state index contributed by atoms with van der Waals surface area (Å²) < 4.78 is 10.7. The summed E-state index contributed by atoms with van der Waals surface area (Å²) in [6, 6.07) is 9.72. The lowest BCUT2D eigenvalue weighted by atomic mass is 10.1. The second-order valence-corrected chi connectivity index (χ2v) is 9.54. The molecule has 0 saturated carbocycles. The number of alkyl halides is 2. The van der Waals surface area contributed by atoms with Crippen LogP contribution in [-0.4, -0.2) is 60.3 Å². The third kappa shape index (κ3) is 7.43. The first-order chi connectivity index (χ1) is 15.3. The van der Waals surface area contributed by atoms with E-state index in [-0.39, 0.29) is 19.0 Å². The Kier molecular flexibility index (Phi) is 10.4. The summed E-state index contributed by atoms with van der Waals surface area (Å²) in [7, 11) is 3.17. The number of hydrogen-bond acceptors (Lipinski definition) is 5. The smallest absolute Gasteiger partial charge is 0.256 e. The van der Waals surface area contributed by atoms with Crippen molar-refractivity contribution in [2.24, 2.45) is 0 Å². The van der Waals surface area contributed by atoms with Gasteiger partial charge in [-0.2, -0.15) is 0 Å². The molecule has 2 aromatic rings. The van der Waals surface area contributed by atoms with Crippen molar-refractivity contribution in [2.45, 2.75) is 24.7 Å². The van der Waals surface area contributed by atoms with Gasteiger partial charge in [-0.05, 0) is 43.2 Å². The van der Waals surface area contributed by atoms with Gasteiger partial charge in [0.2, 0.25) is 5.91 Å². The van der Waals surface area contributed by atoms with Crippen molar-refractivity contribution in [1.29, 1.82) is 0 Å². The average Bonchev–Trinajstić information content (AvgIpc) is 3.19. The molecule has 6 nitrogen and oxygen atoms in total. The summed E-state index contributed by atoms with van der Waals surface area (Å²) in [6.07, 6.45) is 2.15. The van der Waals surface area contributed by atoms with Gasteiger partial charge in [0.15, 0.2) is 16.3 Å². The van der Waals surface area contributed by atoms with Crippen molar-refractivity contribution in [3.05, 3.63) is 58.3 Å². The van der Waals surface area contributed by atoms with Crippen LogP contribution in [-0.2, 0) is 22.6 Å². The summed E-state index contributed by atoms with van der Waals surface area (Å²) in [4.78, 5) is 29.5. The van der Waals surface area contributed by atoms with E-state index in [1.165, 1.54) is 15.9 Å². The van der Waals surface area contributed by atoms with Gasteiger partial charge in [0, 0.05) is 22.8 Å². The molecule has 1 aromatic carbocycles. The molecule has 0 spiro atoms. The number of benzene rings is 1. The first-order valence-electron chi connectivity index (χ1n) is 10.0. The van der Waals surface area contributed by atoms with Crippen LogP contribution in [0.2, 0.25) is 0 Å². The first kappa shape index (κ1) is 26.0. The van der Waals surface area contributed by atoms with E-state index in [0.29, 0.717) is 31.0 Å². The number of carbonyl (C=O) groups is 2. The maximum atomic E-state index is 13.2. The molecule has 0 N–H and O–H groups in total. The summed E-state index contributed by atoms with van der Waals surface area (Å²) in [5, 5.41) is 0. The SMILES string of the molecule is C=CCN(CC(=O)N(CCc1ccc(OC)c(OC)c1)Cc1ccc(C)s1)C(=O)C(Cl)Cl. The largest absolute Gasteiger partial charge is 0.493 e. The van der Waals surface area contributed by atoms with Crippen molar-refractivity contribution in [2.75, 3.05) is 33.9 Å². The van der Waals surface area contributed by atoms with Crippen LogP contribution in [0, 0.1) is 6.92 Å². The molecule has 0 saturated heterocycles. The monoisotopic (exact) mass is 498 g/mol. The molecule has 0 radical (unpaired) electrons. The van der Waals surface area contributed by atoms with Crippen LogP contribution in [0.25, 0.3) is 0 Å². The van der Waals surface area contributed by atoms with Gasteiger partial charge in [0.05, 0.1) is 20.8 Å². The zero-order valence-electron chi connectivity index (χ0n) is 18.5. The number of ether oxygens (including phenoxy) is 2. The van der Waals surface area contributed by atoms with Crippen LogP contribution in [0.3, 0.4) is 0 Å². The highest BCUT2D eigenvalue weighted by atomic mass is 35.5. The molecule has 9 heteroatoms. The maximum Gasteiger partial charge on any atom is 0.256 e. The highest BCUT2D eigenvalue weighted by molar-refractivity contribution is 7.11. The summed E-state index contributed by atoms with van der Waals surface area (Å²) in [5.41, 5.74) is 1.00. The van der Waals surface area contributed by atoms with E-state index >= 15 is 0 Å². The Hall–Kier alpha value is -2.22. The standard InChI is InChI=1S/C23H28Cl2N2O4S/c1-5-11-27(23(29)22(24)25)15-21(28)26(14-18-8-6-16(2)32-18)12-10-17-7-9-19(30-3)20(13-17)31-4/h5-9,13,22H,1,10-12,14-15H2,2-4H3. The Morgan fingerprint density at radius 2 is 1.84 bits per heavy atom. The minimum absolute atomic E-state index is 0.128. The molecule has 0 atom stereocenters. The molecular weight excluding hydrogens is 471 g/mol. The third-order valence-electron chi connectivity index (χ3n) is 4.79. The van der Waals surface area contributed by atoms with Gasteiger partial charge in [-0.15, -0.1) is 17.9 Å². The predicted octanol–water partition coefficient (Wildman–Crippen LogP) is 4.46. The van der Waals surface area contributed by atoms with Crippen molar-refractivity contribution >= 4 is 46.4 Å². The molecule has 0 aliphatic rings. The van der Waals surface area contributed by atoms with Crippen LogP contribution in [0.15, 0.2) is 43.0 Å². The quantitative estimate of drug-likeness (QED) is 0.320. The molecule has 0 aliphatic carbocycles. The number of aryl methyl sites for hydroxylation is 1. The second kappa shape index (κ2) is 12.7. The van der Waals surface area contributed by atoms with Crippen LogP contribution in [0.5, 0.6) is 11.5 Å². The number of carbonyl (C=O) groups excluding carboxylic acids is 2. The molecule has 32 heavy (non-hydrogen) atoms. The number of hydrogen-bond donors (Lipinski definition) is 0. The first-order valence-corrected chi connectivity index (χ1v) is 11.7. The summed E-state index contributed by atoms with van der Waals surface area (Å²) in [5.74, 6) is 0.567. The molecule has 2 amide bonds. The number of halogens is 2. The van der Waals surface area contributed by atoms with Crippen LogP contribution in [0.4, 0.5) is 0 Å². The Balaban J connectivity index is 2.18. The van der Waals surface area contributed by atoms with Crippen molar-refractivity contribution in [1.82, 2.24) is 9.80 Å². The van der Waals surface area contributed by atoms with Gasteiger partial charge in [0.1, 0.15) is 6.54 Å². The Morgan fingerprint density at radius 1 is 1.12 bits per heavy atom. The number of amides is 2. The number of thiophene rings is 1. The number of methoxy groups -OCH3 is 2. The van der Waals surface area contributed by atoms with Crippen molar-refractivity contribution in [3.63, 3.8) is 0 Å². The van der Waals surface area contributed by atoms with E-state index in [0.717, 1.165) is 10.4 Å². The number of nitrogens with zero attached hydrogens (tertiary/aromatic N) is 2. The molecule has 0 fully saturated rings. The predicted molar refractivity (Wildman–Crippen MR) is 130 cm³/mol. The molecule has 0 bridgehead atoms. The second-order valence-electron chi connectivity index (χ2n) is 7.08. The molecule has 174 valence electrons. The van der Waals surface area contributed by atoms with Gasteiger partial charge in [-0.3, -0.25) is 9.59 Å². The van der Waals surface area contributed by atoms with E-state index in [1.807, 2.05) is 37.3 Å². The normalized spacial score (nSPS) is 10.7. The van der Waals surface area contributed by atoms with E-state index < -0.39 is 10.7 Å². The van der Waals surface area contributed by atoms with Crippen LogP contribution in [0.1, 0.15) is 15.3 Å². The van der Waals surface area contributed by atoms with E-state index in [2.05, 4.69) is 6.58 Å². The van der Waals surface area contributed by atoms with E-state index in [9.17, 15) is 9.59 Å². The van der Waals surface area contributed by atoms with Crippen LogP contribution >= 0.6 is 34.5 Å². The lowest BCUT2D eigenvalue weighted by Gasteiger charge is -2.27. The molecule has 2 rings (SSSR count). The Labute approximate surface area is 203 Å². The lowest BCUT2D eigenvalue weighted by Crippen LogP contribution is -2.44. The highest BCUT2D eigenvalue weighted by Crippen LogP contribution is 2.28. The lowest BCUT2D eigenvalue weighted by molar-refractivity contribution is -0.139. The molecule has 0 aliphatic heterocycles. The maximum absolute atomic E-state index is 13.2. The molecule has 1 aromatic heterocycles. The van der Waals surface area contributed by atoms with Crippen molar-refractivity contribution in [3.8, 4) is 11.5 Å². The fourth-order valence-corrected chi connectivity index (χ4v) is 4.32. The Bertz CT molecular complexity index is 932. The summed E-state index contributed by atoms with van der Waals surface area (Å²) >= 11 is 13.1. The van der Waals surface area contributed by atoms with Crippen LogP contribution < -0.4 is 9.47 Å². The summed E-state index contributed by atoms with van der Waals surface area (Å²) in [6.45, 7) is 6.64. The van der Waals surface area contributed by atoms with Gasteiger partial charge in [-0.25, -0.2) is 0 Å². The molecule has 0 unspecified atom stereocenters. The van der Waals surface area contributed by atoms with Gasteiger partial charge in [0.25, 0.3) is 5.91 Å². The zero-order valence-corrected chi connectivity index (χ0v) is 20.8. The highest BCUT2D eigenvalue weighted by Gasteiger charge is 2.24. The fraction of sp³-hybridized carbons (Fsp3) is 0.391. The number of rotatable bonds is 12. The molecular formula is C23H28Cl2N2O4S. The van der Waals surface area contributed by atoms with Gasteiger partial charge >= 0.3 is 0 Å². The minimum atomic E-state index is -1.23. The van der Waals surface area contributed by atoms with Crippen molar-refractivity contribution < 1.29 is 19.1 Å². The van der Waals surface area contributed by atoms with E-state index in [1.54, 1.807) is 30.5 Å². The molecule has 1 heterocycles.